The van der Waals surface area contributed by atoms with Crippen LogP contribution in [-0.4, -0.2) is 12.5 Å². The second-order valence-corrected chi connectivity index (χ2v) is 3.02. The van der Waals surface area contributed by atoms with Crippen LogP contribution in [0.4, 0.5) is 17.6 Å². The number of amides is 1. The van der Waals surface area contributed by atoms with Gasteiger partial charge in [-0.05, 0) is 19.1 Å². The molecule has 0 unspecified atom stereocenters. The largest absolute Gasteiger partial charge is 0.417 e. The Morgan fingerprint density at radius 3 is 2.50 bits per heavy atom. The zero-order chi connectivity index (χ0) is 12.3. The van der Waals surface area contributed by atoms with Crippen molar-refractivity contribution in [2.45, 2.75) is 13.1 Å². The van der Waals surface area contributed by atoms with Crippen LogP contribution in [0, 0.1) is 5.82 Å². The molecule has 6 heteroatoms. The molecule has 0 aliphatic heterocycles. The third kappa shape index (κ3) is 2.50. The maximum atomic E-state index is 13.2. The van der Waals surface area contributed by atoms with Crippen molar-refractivity contribution in [1.82, 2.24) is 5.32 Å². The zero-order valence-electron chi connectivity index (χ0n) is 8.36. The van der Waals surface area contributed by atoms with Crippen molar-refractivity contribution < 1.29 is 22.4 Å². The third-order valence-corrected chi connectivity index (χ3v) is 1.88. The second kappa shape index (κ2) is 4.51. The van der Waals surface area contributed by atoms with E-state index >= 15 is 0 Å². The van der Waals surface area contributed by atoms with Crippen LogP contribution in [0.3, 0.4) is 0 Å². The van der Waals surface area contributed by atoms with Crippen molar-refractivity contribution in [2.75, 3.05) is 6.54 Å². The molecule has 0 aliphatic carbocycles. The molecule has 0 atom stereocenters. The van der Waals surface area contributed by atoms with Crippen LogP contribution in [0.15, 0.2) is 18.2 Å². The van der Waals surface area contributed by atoms with Crippen LogP contribution in [0.2, 0.25) is 0 Å². The molecule has 2 nitrogen and oxygen atoms in total. The molecule has 1 amide bonds. The summed E-state index contributed by atoms with van der Waals surface area (Å²) in [7, 11) is 0. The van der Waals surface area contributed by atoms with Crippen molar-refractivity contribution in [3.05, 3.63) is 35.1 Å². The molecule has 88 valence electrons. The van der Waals surface area contributed by atoms with Gasteiger partial charge in [-0.15, -0.1) is 0 Å². The number of carbonyl (C=O) groups excluding carboxylic acids is 1. The minimum absolute atomic E-state index is 0.129. The maximum Gasteiger partial charge on any atom is 0.417 e. The average molecular weight is 235 g/mol. The molecule has 0 heterocycles. The van der Waals surface area contributed by atoms with Gasteiger partial charge in [-0.2, -0.15) is 13.2 Å². The molecular weight excluding hydrogens is 226 g/mol. The normalized spacial score (nSPS) is 11.3. The summed E-state index contributed by atoms with van der Waals surface area (Å²) in [5, 5.41) is 2.14. The van der Waals surface area contributed by atoms with Gasteiger partial charge in [0, 0.05) is 6.54 Å². The van der Waals surface area contributed by atoms with Crippen LogP contribution in [0.25, 0.3) is 0 Å². The molecule has 0 fully saturated rings. The van der Waals surface area contributed by atoms with Crippen molar-refractivity contribution in [1.29, 1.82) is 0 Å². The number of benzene rings is 1. The highest BCUT2D eigenvalue weighted by Gasteiger charge is 2.36. The Hall–Kier alpha value is -1.59. The molecule has 0 radical (unpaired) electrons. The maximum absolute atomic E-state index is 13.2. The number of halogens is 4. The van der Waals surface area contributed by atoms with Crippen molar-refractivity contribution >= 4 is 5.91 Å². The minimum Gasteiger partial charge on any atom is -0.352 e. The van der Waals surface area contributed by atoms with E-state index in [0.29, 0.717) is 6.07 Å². The predicted octanol–water partition coefficient (Wildman–Crippen LogP) is 2.59. The van der Waals surface area contributed by atoms with Gasteiger partial charge in [-0.25, -0.2) is 4.39 Å². The van der Waals surface area contributed by atoms with E-state index in [1.54, 1.807) is 0 Å². The van der Waals surface area contributed by atoms with Gasteiger partial charge >= 0.3 is 6.18 Å². The van der Waals surface area contributed by atoms with Crippen LogP contribution >= 0.6 is 0 Å². The summed E-state index contributed by atoms with van der Waals surface area (Å²) in [4.78, 5) is 11.3. The SMILES string of the molecule is CCNC(=O)c1c(F)cccc1C(F)(F)F. The van der Waals surface area contributed by atoms with Gasteiger partial charge in [0.25, 0.3) is 5.91 Å². The number of hydrogen-bond donors (Lipinski definition) is 1. The fourth-order valence-electron chi connectivity index (χ4n) is 1.24. The summed E-state index contributed by atoms with van der Waals surface area (Å²) in [6.45, 7) is 1.66. The van der Waals surface area contributed by atoms with Gasteiger partial charge in [-0.3, -0.25) is 4.79 Å². The Bertz CT molecular complexity index is 400. The first-order valence-corrected chi connectivity index (χ1v) is 4.51. The van der Waals surface area contributed by atoms with Gasteiger partial charge in [0.05, 0.1) is 11.1 Å². The van der Waals surface area contributed by atoms with E-state index < -0.39 is 29.0 Å². The lowest BCUT2D eigenvalue weighted by Gasteiger charge is -2.12. The molecule has 0 saturated carbocycles. The molecule has 0 spiro atoms. The smallest absolute Gasteiger partial charge is 0.352 e. The number of nitrogens with one attached hydrogen (secondary N) is 1. The summed E-state index contributed by atoms with van der Waals surface area (Å²) < 4.78 is 50.6. The van der Waals surface area contributed by atoms with Crippen molar-refractivity contribution in [3.63, 3.8) is 0 Å². The van der Waals surface area contributed by atoms with Gasteiger partial charge in [0.1, 0.15) is 5.82 Å². The summed E-state index contributed by atoms with van der Waals surface area (Å²) >= 11 is 0. The van der Waals surface area contributed by atoms with E-state index in [1.807, 2.05) is 0 Å². The molecule has 16 heavy (non-hydrogen) atoms. The van der Waals surface area contributed by atoms with Crippen molar-refractivity contribution in [3.8, 4) is 0 Å². The summed E-state index contributed by atoms with van der Waals surface area (Å²) in [6, 6.07) is 2.41. The Balaban J connectivity index is 3.30. The van der Waals surface area contributed by atoms with Crippen LogP contribution in [-0.2, 0) is 6.18 Å². The van der Waals surface area contributed by atoms with E-state index in [-0.39, 0.29) is 6.54 Å². The zero-order valence-corrected chi connectivity index (χ0v) is 8.36. The van der Waals surface area contributed by atoms with Gasteiger partial charge in [0.15, 0.2) is 0 Å². The van der Waals surface area contributed by atoms with E-state index in [1.165, 1.54) is 6.92 Å². The molecule has 1 N–H and O–H groups in total. The summed E-state index contributed by atoms with van der Waals surface area (Å²) in [5.74, 6) is -2.24. The minimum atomic E-state index is -4.75. The monoisotopic (exact) mass is 235 g/mol. The molecule has 0 bridgehead atoms. The van der Waals surface area contributed by atoms with E-state index in [0.717, 1.165) is 12.1 Å². The third-order valence-electron chi connectivity index (χ3n) is 1.88. The Kier molecular flexibility index (Phi) is 3.51. The summed E-state index contributed by atoms with van der Waals surface area (Å²) in [6.07, 6.45) is -4.75. The van der Waals surface area contributed by atoms with E-state index in [2.05, 4.69) is 5.32 Å². The lowest BCUT2D eigenvalue weighted by molar-refractivity contribution is -0.138. The number of carbonyl (C=O) groups is 1. The van der Waals surface area contributed by atoms with Gasteiger partial charge in [-0.1, -0.05) is 6.07 Å². The Morgan fingerprint density at radius 1 is 1.38 bits per heavy atom. The number of alkyl halides is 3. The molecule has 0 saturated heterocycles. The van der Waals surface area contributed by atoms with Crippen LogP contribution < -0.4 is 5.32 Å². The standard InChI is InChI=1S/C10H9F4NO/c1-2-15-9(16)8-6(10(12,13)14)4-3-5-7(8)11/h3-5H,2H2,1H3,(H,15,16). The first-order chi connectivity index (χ1) is 7.38. The van der Waals surface area contributed by atoms with Gasteiger partial charge < -0.3 is 5.32 Å². The number of hydrogen-bond acceptors (Lipinski definition) is 1. The Labute approximate surface area is 89.3 Å². The summed E-state index contributed by atoms with van der Waals surface area (Å²) in [5.41, 5.74) is -2.23. The van der Waals surface area contributed by atoms with E-state index in [9.17, 15) is 22.4 Å². The predicted molar refractivity (Wildman–Crippen MR) is 49.4 cm³/mol. The van der Waals surface area contributed by atoms with Crippen molar-refractivity contribution in [2.24, 2.45) is 0 Å². The number of rotatable bonds is 2. The topological polar surface area (TPSA) is 29.1 Å². The molecule has 1 aromatic carbocycles. The van der Waals surface area contributed by atoms with Crippen LogP contribution in [0.5, 0.6) is 0 Å². The lowest BCUT2D eigenvalue weighted by atomic mass is 10.1. The van der Waals surface area contributed by atoms with Crippen LogP contribution in [0.1, 0.15) is 22.8 Å². The molecular formula is C10H9F4NO. The highest BCUT2D eigenvalue weighted by atomic mass is 19.4. The molecule has 1 rings (SSSR count). The fraction of sp³-hybridized carbons (Fsp3) is 0.300. The molecule has 0 aromatic heterocycles. The van der Waals surface area contributed by atoms with E-state index in [4.69, 9.17) is 0 Å². The first-order valence-electron chi connectivity index (χ1n) is 4.51. The lowest BCUT2D eigenvalue weighted by Crippen LogP contribution is -2.27. The highest BCUT2D eigenvalue weighted by Crippen LogP contribution is 2.32. The molecule has 0 aliphatic rings. The first kappa shape index (κ1) is 12.5. The molecule has 1 aromatic rings. The second-order valence-electron chi connectivity index (χ2n) is 3.02. The average Bonchev–Trinajstić information content (AvgIpc) is 2.16. The Morgan fingerprint density at radius 2 is 2.00 bits per heavy atom. The highest BCUT2D eigenvalue weighted by molar-refractivity contribution is 5.96. The van der Waals surface area contributed by atoms with Gasteiger partial charge in [0.2, 0.25) is 0 Å². The quantitative estimate of drug-likeness (QED) is 0.784. The fourth-order valence-corrected chi connectivity index (χ4v) is 1.24.